The van der Waals surface area contributed by atoms with Crippen molar-refractivity contribution in [2.75, 3.05) is 0 Å². The van der Waals surface area contributed by atoms with Gasteiger partial charge < -0.3 is 5.73 Å². The molecular weight excluding hydrogens is 174 g/mol. The Morgan fingerprint density at radius 1 is 1.43 bits per heavy atom. The highest BCUT2D eigenvalue weighted by atomic mass is 16.1. The lowest BCUT2D eigenvalue weighted by atomic mass is 9.81. The van der Waals surface area contributed by atoms with Gasteiger partial charge in [-0.3, -0.25) is 4.79 Å². The third-order valence-electron chi connectivity index (χ3n) is 2.98. The van der Waals surface area contributed by atoms with Crippen molar-refractivity contribution >= 4 is 5.78 Å². The molecule has 2 N–H and O–H groups in total. The van der Waals surface area contributed by atoms with Crippen LogP contribution in [0, 0.1) is 18.3 Å². The first kappa shape index (κ1) is 11.3. The fourth-order valence-electron chi connectivity index (χ4n) is 2.11. The highest BCUT2D eigenvalue weighted by molar-refractivity contribution is 5.81. The van der Waals surface area contributed by atoms with Gasteiger partial charge in [-0.15, -0.1) is 12.3 Å². The maximum atomic E-state index is 11.7. The van der Waals surface area contributed by atoms with Crippen molar-refractivity contribution in [3.63, 3.8) is 0 Å². The van der Waals surface area contributed by atoms with Gasteiger partial charge in [0.2, 0.25) is 0 Å². The standard InChI is InChI=1S/C12H19NO/c1-2-3-4-9-12(14)10-7-5-6-8-11(10)13/h1,10-11H,3-9,13H2. The molecule has 2 heteroatoms. The molecule has 0 aromatic carbocycles. The second-order valence-electron chi connectivity index (χ2n) is 4.08. The smallest absolute Gasteiger partial charge is 0.137 e. The third-order valence-corrected chi connectivity index (χ3v) is 2.98. The maximum Gasteiger partial charge on any atom is 0.137 e. The van der Waals surface area contributed by atoms with Gasteiger partial charge in [-0.2, -0.15) is 0 Å². The molecule has 0 amide bonds. The van der Waals surface area contributed by atoms with Crippen molar-refractivity contribution in [1.82, 2.24) is 0 Å². The number of nitrogens with two attached hydrogens (primary N) is 1. The van der Waals surface area contributed by atoms with Crippen molar-refractivity contribution in [3.8, 4) is 12.3 Å². The average molecular weight is 193 g/mol. The Labute approximate surface area is 86.2 Å². The molecule has 0 aliphatic heterocycles. The Morgan fingerprint density at radius 3 is 2.79 bits per heavy atom. The Hall–Kier alpha value is -0.810. The lowest BCUT2D eigenvalue weighted by molar-refractivity contribution is -0.124. The van der Waals surface area contributed by atoms with Crippen LogP contribution in [0.25, 0.3) is 0 Å². The Balaban J connectivity index is 2.31. The van der Waals surface area contributed by atoms with Crippen molar-refractivity contribution in [1.29, 1.82) is 0 Å². The molecule has 1 rings (SSSR count). The molecule has 0 spiro atoms. The van der Waals surface area contributed by atoms with E-state index in [-0.39, 0.29) is 12.0 Å². The Bertz CT molecular complexity index is 229. The maximum absolute atomic E-state index is 11.7. The minimum absolute atomic E-state index is 0.0992. The molecular formula is C12H19NO. The van der Waals surface area contributed by atoms with E-state index < -0.39 is 0 Å². The number of Topliss-reactive ketones (excluding diaryl/α,β-unsaturated/α-hetero) is 1. The van der Waals surface area contributed by atoms with Gasteiger partial charge >= 0.3 is 0 Å². The summed E-state index contributed by atoms with van der Waals surface area (Å²) in [7, 11) is 0. The van der Waals surface area contributed by atoms with E-state index in [1.807, 2.05) is 0 Å². The van der Waals surface area contributed by atoms with Crippen LogP contribution in [0.2, 0.25) is 0 Å². The molecule has 0 aromatic rings. The second-order valence-corrected chi connectivity index (χ2v) is 4.08. The van der Waals surface area contributed by atoms with E-state index in [0.717, 1.165) is 25.7 Å². The summed E-state index contributed by atoms with van der Waals surface area (Å²) in [5.74, 6) is 2.99. The molecule has 1 aliphatic rings. The third kappa shape index (κ3) is 3.16. The molecule has 2 atom stereocenters. The summed E-state index contributed by atoms with van der Waals surface area (Å²) >= 11 is 0. The lowest BCUT2D eigenvalue weighted by Gasteiger charge is -2.27. The number of ketones is 1. The van der Waals surface area contributed by atoms with E-state index in [9.17, 15) is 4.79 Å². The van der Waals surface area contributed by atoms with Gasteiger partial charge in [-0.1, -0.05) is 12.8 Å². The van der Waals surface area contributed by atoms with Gasteiger partial charge in [-0.05, 0) is 19.3 Å². The van der Waals surface area contributed by atoms with Gasteiger partial charge in [0.1, 0.15) is 5.78 Å². The van der Waals surface area contributed by atoms with Gasteiger partial charge in [0.05, 0.1) is 0 Å². The monoisotopic (exact) mass is 193 g/mol. The normalized spacial score (nSPS) is 26.9. The first-order valence-electron chi connectivity index (χ1n) is 5.47. The van der Waals surface area contributed by atoms with Gasteiger partial charge in [0.25, 0.3) is 0 Å². The fourth-order valence-corrected chi connectivity index (χ4v) is 2.11. The van der Waals surface area contributed by atoms with Crippen LogP contribution in [-0.4, -0.2) is 11.8 Å². The lowest BCUT2D eigenvalue weighted by Crippen LogP contribution is -2.37. The predicted molar refractivity (Wildman–Crippen MR) is 57.6 cm³/mol. The molecule has 0 bridgehead atoms. The number of unbranched alkanes of at least 4 members (excludes halogenated alkanes) is 1. The molecule has 1 fully saturated rings. The molecule has 78 valence electrons. The number of hydrogen-bond acceptors (Lipinski definition) is 2. The van der Waals surface area contributed by atoms with Crippen molar-refractivity contribution in [3.05, 3.63) is 0 Å². The van der Waals surface area contributed by atoms with Crippen LogP contribution in [0.5, 0.6) is 0 Å². The van der Waals surface area contributed by atoms with Crippen LogP contribution in [0.15, 0.2) is 0 Å². The first-order chi connectivity index (χ1) is 6.75. The van der Waals surface area contributed by atoms with Crippen LogP contribution >= 0.6 is 0 Å². The summed E-state index contributed by atoms with van der Waals surface area (Å²) in [6.45, 7) is 0. The minimum Gasteiger partial charge on any atom is -0.327 e. The second kappa shape index (κ2) is 5.82. The van der Waals surface area contributed by atoms with Crippen molar-refractivity contribution in [2.45, 2.75) is 51.0 Å². The number of terminal acetylenes is 1. The zero-order chi connectivity index (χ0) is 10.4. The SMILES string of the molecule is C#CCCCC(=O)C1CCCCC1N. The molecule has 1 aliphatic carbocycles. The summed E-state index contributed by atoms with van der Waals surface area (Å²) in [5, 5.41) is 0. The molecule has 14 heavy (non-hydrogen) atoms. The number of carbonyl (C=O) groups is 1. The van der Waals surface area contributed by atoms with E-state index in [0.29, 0.717) is 18.6 Å². The summed E-state index contributed by atoms with van der Waals surface area (Å²) in [6, 6.07) is 0.0992. The van der Waals surface area contributed by atoms with E-state index in [1.165, 1.54) is 6.42 Å². The van der Waals surface area contributed by atoms with Crippen LogP contribution in [0.1, 0.15) is 44.9 Å². The number of hydrogen-bond donors (Lipinski definition) is 1. The van der Waals surface area contributed by atoms with Crippen LogP contribution in [-0.2, 0) is 4.79 Å². The van der Waals surface area contributed by atoms with Gasteiger partial charge in [-0.25, -0.2) is 0 Å². The summed E-state index contributed by atoms with van der Waals surface area (Å²) in [6.07, 6.45) is 11.6. The zero-order valence-electron chi connectivity index (χ0n) is 8.67. The predicted octanol–water partition coefficient (Wildman–Crippen LogP) is 1.88. The highest BCUT2D eigenvalue weighted by Gasteiger charge is 2.27. The Morgan fingerprint density at radius 2 is 2.14 bits per heavy atom. The average Bonchev–Trinajstić information content (AvgIpc) is 2.18. The van der Waals surface area contributed by atoms with Crippen LogP contribution in [0.3, 0.4) is 0 Å². The van der Waals surface area contributed by atoms with E-state index in [1.54, 1.807) is 0 Å². The Kier molecular flexibility index (Phi) is 4.69. The summed E-state index contributed by atoms with van der Waals surface area (Å²) in [4.78, 5) is 11.7. The first-order valence-corrected chi connectivity index (χ1v) is 5.47. The fraction of sp³-hybridized carbons (Fsp3) is 0.750. The zero-order valence-corrected chi connectivity index (χ0v) is 8.67. The molecule has 0 heterocycles. The summed E-state index contributed by atoms with van der Waals surface area (Å²) in [5.41, 5.74) is 5.92. The highest BCUT2D eigenvalue weighted by Crippen LogP contribution is 2.25. The minimum atomic E-state index is 0.0992. The molecule has 2 unspecified atom stereocenters. The largest absolute Gasteiger partial charge is 0.327 e. The van der Waals surface area contributed by atoms with Crippen LogP contribution in [0.4, 0.5) is 0 Å². The quantitative estimate of drug-likeness (QED) is 0.547. The summed E-state index contributed by atoms with van der Waals surface area (Å²) < 4.78 is 0. The topological polar surface area (TPSA) is 43.1 Å². The molecule has 0 aromatic heterocycles. The van der Waals surface area contributed by atoms with E-state index in [2.05, 4.69) is 5.92 Å². The number of carbonyl (C=O) groups excluding carboxylic acids is 1. The van der Waals surface area contributed by atoms with Gasteiger partial charge in [0.15, 0.2) is 0 Å². The molecule has 2 nitrogen and oxygen atoms in total. The van der Waals surface area contributed by atoms with E-state index >= 15 is 0 Å². The van der Waals surface area contributed by atoms with Gasteiger partial charge in [0, 0.05) is 24.8 Å². The molecule has 0 radical (unpaired) electrons. The van der Waals surface area contributed by atoms with Crippen molar-refractivity contribution in [2.24, 2.45) is 11.7 Å². The van der Waals surface area contributed by atoms with Crippen LogP contribution < -0.4 is 5.73 Å². The molecule has 1 saturated carbocycles. The van der Waals surface area contributed by atoms with Crippen molar-refractivity contribution < 1.29 is 4.79 Å². The number of rotatable bonds is 4. The molecule has 0 saturated heterocycles. The van der Waals surface area contributed by atoms with E-state index in [4.69, 9.17) is 12.2 Å².